The number of carbonyl (C=O) groups excluding carboxylic acids is 2. The van der Waals surface area contributed by atoms with Crippen LogP contribution in [0, 0.1) is 5.82 Å². The number of anilines is 1. The molecule has 0 spiro atoms. The van der Waals surface area contributed by atoms with Crippen LogP contribution in [0.3, 0.4) is 0 Å². The molecule has 1 saturated carbocycles. The second-order valence-corrected chi connectivity index (χ2v) is 14.3. The van der Waals surface area contributed by atoms with Crippen molar-refractivity contribution < 1.29 is 14.0 Å². The van der Waals surface area contributed by atoms with Gasteiger partial charge in [0.2, 0.25) is 5.91 Å². The minimum absolute atomic E-state index is 0.0359. The van der Waals surface area contributed by atoms with E-state index < -0.39 is 0 Å². The van der Waals surface area contributed by atoms with Gasteiger partial charge in [0, 0.05) is 61.2 Å². The molecule has 7 nitrogen and oxygen atoms in total. The molecule has 2 fully saturated rings. The van der Waals surface area contributed by atoms with Crippen LogP contribution < -0.4 is 10.2 Å². The Morgan fingerprint density at radius 3 is 2.76 bits per heavy atom. The third kappa shape index (κ3) is 5.04. The Morgan fingerprint density at radius 1 is 1.12 bits per heavy atom. The Kier molecular flexibility index (Phi) is 7.14. The van der Waals surface area contributed by atoms with Crippen molar-refractivity contribution in [1.82, 2.24) is 19.6 Å². The van der Waals surface area contributed by atoms with Crippen LogP contribution in [0.2, 0.25) is 11.6 Å². The summed E-state index contributed by atoms with van der Waals surface area (Å²) in [6, 6.07) is 10.2. The molecule has 2 atom stereocenters. The largest absolute Gasteiger partial charge is 0.371 e. The van der Waals surface area contributed by atoms with Crippen LogP contribution in [0.5, 0.6) is 0 Å². The minimum Gasteiger partial charge on any atom is -0.371 e. The van der Waals surface area contributed by atoms with Crippen molar-refractivity contribution in [2.75, 3.05) is 31.6 Å². The van der Waals surface area contributed by atoms with Crippen molar-refractivity contribution in [2.45, 2.75) is 56.2 Å². The molecule has 2 aliphatic heterocycles. The highest BCUT2D eigenvalue weighted by atomic mass is 32.1. The number of thiophene rings is 1. The molecule has 3 aliphatic rings. The zero-order valence-electron chi connectivity index (χ0n) is 23.9. The second-order valence-electron chi connectivity index (χ2n) is 11.7. The minimum atomic E-state index is -0.301. The highest BCUT2D eigenvalue weighted by Crippen LogP contribution is 2.43. The second kappa shape index (κ2) is 11.0. The summed E-state index contributed by atoms with van der Waals surface area (Å²) in [6.07, 6.45) is 7.79. The maximum Gasteiger partial charge on any atom is 0.255 e. The van der Waals surface area contributed by atoms with Crippen LogP contribution in [0.15, 0.2) is 48.1 Å². The van der Waals surface area contributed by atoms with E-state index in [0.717, 1.165) is 55.7 Å². The lowest BCUT2D eigenvalue weighted by Crippen LogP contribution is -2.38. The van der Waals surface area contributed by atoms with Crippen molar-refractivity contribution in [3.8, 4) is 11.3 Å². The maximum absolute atomic E-state index is 15.6. The molecule has 1 aliphatic carbocycles. The molecule has 4 aromatic rings. The molecule has 2 amide bonds. The molecule has 7 rings (SSSR count). The fourth-order valence-electron chi connectivity index (χ4n) is 6.41. The number of nitrogens with zero attached hydrogens (tertiary/aromatic N) is 4. The lowest BCUT2D eigenvalue weighted by Gasteiger charge is -2.33. The van der Waals surface area contributed by atoms with Crippen LogP contribution in [-0.4, -0.2) is 62.3 Å². The number of benzene rings is 1. The first kappa shape index (κ1) is 27.3. The molecular formula is C32H34FN5O2SSi. The summed E-state index contributed by atoms with van der Waals surface area (Å²) in [6.45, 7) is 4.53. The smallest absolute Gasteiger partial charge is 0.255 e. The predicted octanol–water partition coefficient (Wildman–Crippen LogP) is 5.71. The van der Waals surface area contributed by atoms with Crippen molar-refractivity contribution in [1.29, 1.82) is 0 Å². The number of amides is 2. The molecule has 0 bridgehead atoms. The van der Waals surface area contributed by atoms with Crippen LogP contribution in [0.1, 0.15) is 64.5 Å². The number of fused-ring (bicyclic) bond motifs is 2. The molecule has 42 heavy (non-hydrogen) atoms. The van der Waals surface area contributed by atoms with Gasteiger partial charge in [-0.25, -0.2) is 9.37 Å². The van der Waals surface area contributed by atoms with Crippen molar-refractivity contribution in [3.63, 3.8) is 0 Å². The van der Waals surface area contributed by atoms with Crippen molar-refractivity contribution in [2.24, 2.45) is 0 Å². The molecule has 1 N–H and O–H groups in total. The highest BCUT2D eigenvalue weighted by molar-refractivity contribution is 7.10. The molecule has 1 saturated heterocycles. The third-order valence-electron chi connectivity index (χ3n) is 8.99. The first-order valence-electron chi connectivity index (χ1n) is 14.8. The normalized spacial score (nSPS) is 20.3. The van der Waals surface area contributed by atoms with Gasteiger partial charge in [0.25, 0.3) is 5.91 Å². The predicted molar refractivity (Wildman–Crippen MR) is 165 cm³/mol. The van der Waals surface area contributed by atoms with Gasteiger partial charge >= 0.3 is 0 Å². The monoisotopic (exact) mass is 599 g/mol. The third-order valence-corrected chi connectivity index (χ3v) is 11.6. The standard InChI is InChI=1S/C32H34FN5O2SSi/c1-19-24-9-12-41-29(24)8-11-38(19)32(40)21-13-26(20-3-4-20)31-35-28(17-37(31)15-21)25-6-5-22(14-27(25)33)36-10-7-23(16-36)42-18-30(39)34-2/h5-6,9,12-15,17,19-20,23H,3-4,7-8,10-11,16,18H2,1-2H3,(H,34,39)/t19-,23?/m1/s1. The topological polar surface area (TPSA) is 70.0 Å². The summed E-state index contributed by atoms with van der Waals surface area (Å²) in [5.74, 6) is 0.199. The average molecular weight is 600 g/mol. The number of nitrogens with one attached hydrogen (secondary N) is 1. The van der Waals surface area contributed by atoms with E-state index in [1.165, 1.54) is 10.4 Å². The van der Waals surface area contributed by atoms with Crippen LogP contribution >= 0.6 is 11.3 Å². The summed E-state index contributed by atoms with van der Waals surface area (Å²) in [5, 5.41) is 4.80. The van der Waals surface area contributed by atoms with Crippen LogP contribution in [0.4, 0.5) is 10.1 Å². The molecule has 2 radical (unpaired) electrons. The van der Waals surface area contributed by atoms with Crippen molar-refractivity contribution in [3.05, 3.63) is 75.5 Å². The number of imidazole rings is 1. The van der Waals surface area contributed by atoms with Crippen molar-refractivity contribution >= 4 is 44.0 Å². The summed E-state index contributed by atoms with van der Waals surface area (Å²) in [5.41, 5.74) is 6.15. The van der Waals surface area contributed by atoms with E-state index in [4.69, 9.17) is 4.98 Å². The summed E-state index contributed by atoms with van der Waals surface area (Å²) >= 11 is 1.77. The van der Waals surface area contributed by atoms with E-state index in [2.05, 4.69) is 28.6 Å². The molecule has 5 heterocycles. The van der Waals surface area contributed by atoms with Gasteiger partial charge in [-0.05, 0) is 90.9 Å². The SMILES string of the molecule is CNC(=O)C[Si]C1CCN(c2ccc(-c3cn4cc(C(=O)N5CCc6sccc6[C@H]5C)cc(C5CC5)c4n3)c(F)c2)C1. The molecule has 3 aromatic heterocycles. The fraction of sp³-hybridized carbons (Fsp3) is 0.406. The number of rotatable bonds is 7. The van der Waals surface area contributed by atoms with E-state index in [1.54, 1.807) is 24.5 Å². The molecular weight excluding hydrogens is 566 g/mol. The van der Waals surface area contributed by atoms with E-state index >= 15 is 4.39 Å². The summed E-state index contributed by atoms with van der Waals surface area (Å²) in [7, 11) is 2.24. The average Bonchev–Trinajstić information content (AvgIpc) is 3.35. The Hall–Kier alpha value is -3.50. The Morgan fingerprint density at radius 2 is 1.98 bits per heavy atom. The Bertz CT molecular complexity index is 1680. The van der Waals surface area contributed by atoms with Gasteiger partial charge < -0.3 is 19.5 Å². The Labute approximate surface area is 251 Å². The zero-order chi connectivity index (χ0) is 29.0. The first-order valence-corrected chi connectivity index (χ1v) is 16.9. The number of hydrogen-bond acceptors (Lipinski definition) is 5. The van der Waals surface area contributed by atoms with Crippen LogP contribution in [0.25, 0.3) is 16.9 Å². The quantitative estimate of drug-likeness (QED) is 0.277. The molecule has 1 unspecified atom stereocenters. The van der Waals surface area contributed by atoms with Gasteiger partial charge in [0.1, 0.15) is 11.5 Å². The first-order chi connectivity index (χ1) is 20.4. The van der Waals surface area contributed by atoms with Gasteiger partial charge in [0.05, 0.1) is 26.8 Å². The van der Waals surface area contributed by atoms with Crippen LogP contribution in [-0.2, 0) is 11.2 Å². The Balaban J connectivity index is 1.14. The molecule has 216 valence electrons. The molecule has 1 aromatic carbocycles. The van der Waals surface area contributed by atoms with E-state index in [0.29, 0.717) is 50.4 Å². The summed E-state index contributed by atoms with van der Waals surface area (Å²) < 4.78 is 17.5. The van der Waals surface area contributed by atoms with Gasteiger partial charge in [-0.1, -0.05) is 0 Å². The van der Waals surface area contributed by atoms with E-state index in [9.17, 15) is 9.59 Å². The number of halogens is 1. The lowest BCUT2D eigenvalue weighted by molar-refractivity contribution is -0.118. The van der Waals surface area contributed by atoms with Gasteiger partial charge in [-0.3, -0.25) is 9.59 Å². The lowest BCUT2D eigenvalue weighted by atomic mass is 10.00. The maximum atomic E-state index is 15.6. The van der Waals surface area contributed by atoms with E-state index in [1.807, 2.05) is 39.9 Å². The van der Waals surface area contributed by atoms with Gasteiger partial charge in [0.15, 0.2) is 0 Å². The van der Waals surface area contributed by atoms with Gasteiger partial charge in [-0.15, -0.1) is 11.3 Å². The molecule has 10 heteroatoms. The number of hydrogen-bond donors (Lipinski definition) is 1. The van der Waals surface area contributed by atoms with E-state index in [-0.39, 0.29) is 23.7 Å². The zero-order valence-corrected chi connectivity index (χ0v) is 25.7. The van der Waals surface area contributed by atoms with Gasteiger partial charge in [-0.2, -0.15) is 0 Å². The highest BCUT2D eigenvalue weighted by Gasteiger charge is 2.32. The number of pyridine rings is 1. The fourth-order valence-corrected chi connectivity index (χ4v) is 8.71. The number of aromatic nitrogens is 2. The summed E-state index contributed by atoms with van der Waals surface area (Å²) in [4.78, 5) is 35.9. The number of carbonyl (C=O) groups is 2.